The Morgan fingerprint density at radius 1 is 1.11 bits per heavy atom. The third-order valence-corrected chi connectivity index (χ3v) is 7.68. The van der Waals surface area contributed by atoms with Crippen molar-refractivity contribution in [1.29, 1.82) is 0 Å². The fourth-order valence-corrected chi connectivity index (χ4v) is 5.83. The number of carbonyl (C=O) groups is 2. The molecule has 2 atom stereocenters. The van der Waals surface area contributed by atoms with Crippen molar-refractivity contribution in [2.45, 2.75) is 59.1 Å². The van der Waals surface area contributed by atoms with E-state index in [2.05, 4.69) is 5.32 Å². The first-order valence-corrected chi connectivity index (χ1v) is 15.3. The molecule has 1 aromatic carbocycles. The van der Waals surface area contributed by atoms with Gasteiger partial charge in [0.1, 0.15) is 16.5 Å². The molecule has 0 radical (unpaired) electrons. The van der Waals surface area contributed by atoms with Crippen LogP contribution in [-0.2, 0) is 31.1 Å². The van der Waals surface area contributed by atoms with Crippen LogP contribution in [0, 0.1) is 11.8 Å². The number of nitrogens with one attached hydrogen (secondary N) is 2. The number of nitrogens with zero attached hydrogens (tertiary/aromatic N) is 1. The van der Waals surface area contributed by atoms with Crippen molar-refractivity contribution < 1.29 is 27.3 Å². The predicted molar refractivity (Wildman–Crippen MR) is 150 cm³/mol. The molecule has 3 rings (SSSR count). The lowest BCUT2D eigenvalue weighted by Gasteiger charge is -2.26. The molecule has 0 saturated carbocycles. The zero-order chi connectivity index (χ0) is 28.1. The van der Waals surface area contributed by atoms with Crippen LogP contribution in [-0.4, -0.2) is 35.4 Å². The molecular weight excluding hydrogens is 547 g/mol. The van der Waals surface area contributed by atoms with E-state index in [9.17, 15) is 18.0 Å². The molecule has 2 unspecified atom stereocenters. The number of anilines is 1. The number of hydrogen-bond acceptors (Lipinski definition) is 8. The maximum Gasteiger partial charge on any atom is 0.357 e. The average Bonchev–Trinajstić information content (AvgIpc) is 3.48. The zero-order valence-corrected chi connectivity index (χ0v) is 24.4. The Labute approximate surface area is 231 Å². The summed E-state index contributed by atoms with van der Waals surface area (Å²) in [6.45, 7) is 9.18. The van der Waals surface area contributed by atoms with Crippen LogP contribution in [0.2, 0.25) is 0 Å². The Bertz CT molecular complexity index is 1330. The van der Waals surface area contributed by atoms with Crippen LogP contribution < -0.4 is 10.0 Å². The Hall–Kier alpha value is -2.80. The first-order chi connectivity index (χ1) is 17.7. The van der Waals surface area contributed by atoms with Crippen LogP contribution in [0.5, 0.6) is 0 Å². The number of carbonyl (C=O) groups excluding carboxylic acids is 2. The Morgan fingerprint density at radius 3 is 2.34 bits per heavy atom. The van der Waals surface area contributed by atoms with E-state index in [-0.39, 0.29) is 11.6 Å². The van der Waals surface area contributed by atoms with Crippen molar-refractivity contribution in [2.24, 2.45) is 11.8 Å². The highest BCUT2D eigenvalue weighted by molar-refractivity contribution is 7.87. The summed E-state index contributed by atoms with van der Waals surface area (Å²) in [5.41, 5.74) is 0.917. The zero-order valence-electron chi connectivity index (χ0n) is 21.9. The summed E-state index contributed by atoms with van der Waals surface area (Å²) in [7, 11) is -4.39. The second kappa shape index (κ2) is 12.4. The van der Waals surface area contributed by atoms with Crippen LogP contribution in [0.15, 0.2) is 47.2 Å². The number of thiophene rings is 1. The molecule has 0 bridgehead atoms. The number of benzene rings is 1. The van der Waals surface area contributed by atoms with E-state index in [1.165, 1.54) is 23.5 Å². The molecular formula is C26H33N3O6S3. The summed E-state index contributed by atoms with van der Waals surface area (Å²) in [4.78, 5) is 32.2. The molecule has 0 fully saturated rings. The first-order valence-electron chi connectivity index (χ1n) is 12.1. The van der Waals surface area contributed by atoms with E-state index in [1.54, 1.807) is 44.2 Å². The maximum atomic E-state index is 13.5. The predicted octanol–water partition coefficient (Wildman–Crippen LogP) is 5.49. The van der Waals surface area contributed by atoms with Crippen molar-refractivity contribution in [3.05, 3.63) is 58.4 Å². The van der Waals surface area contributed by atoms with E-state index in [1.807, 2.05) is 41.5 Å². The maximum absolute atomic E-state index is 13.5. The van der Waals surface area contributed by atoms with Gasteiger partial charge in [-0.25, -0.2) is 4.98 Å². The van der Waals surface area contributed by atoms with Gasteiger partial charge in [-0.15, -0.1) is 22.7 Å². The Morgan fingerprint density at radius 2 is 1.79 bits per heavy atom. The number of aromatic nitrogens is 1. The lowest BCUT2D eigenvalue weighted by Crippen LogP contribution is -2.41. The van der Waals surface area contributed by atoms with Crippen molar-refractivity contribution in [1.82, 2.24) is 10.3 Å². The van der Waals surface area contributed by atoms with Crippen LogP contribution in [0.25, 0.3) is 9.88 Å². The highest BCUT2D eigenvalue weighted by Gasteiger charge is 2.33. The highest BCUT2D eigenvalue weighted by atomic mass is 32.2. The van der Waals surface area contributed by atoms with Crippen LogP contribution >= 0.6 is 22.7 Å². The molecule has 2 heterocycles. The van der Waals surface area contributed by atoms with E-state index in [0.29, 0.717) is 18.5 Å². The number of esters is 1. The highest BCUT2D eigenvalue weighted by Crippen LogP contribution is 2.31. The molecule has 12 heteroatoms. The SMILES string of the molecule is CC(C)CC(C(=O)NC(Cc1ccc(NS(=O)(=O)O)cc1)c1csc(-c2cccs2)n1)C(=O)OC(C)(C)C. The second-order valence-electron chi connectivity index (χ2n) is 10.3. The molecule has 0 saturated heterocycles. The third kappa shape index (κ3) is 9.19. The van der Waals surface area contributed by atoms with E-state index >= 15 is 0 Å². The van der Waals surface area contributed by atoms with Crippen molar-refractivity contribution in [3.8, 4) is 9.88 Å². The normalized spacial score (nSPS) is 13.7. The van der Waals surface area contributed by atoms with Gasteiger partial charge in [-0.1, -0.05) is 32.0 Å². The molecule has 38 heavy (non-hydrogen) atoms. The molecule has 0 aliphatic heterocycles. The monoisotopic (exact) mass is 579 g/mol. The number of amides is 1. The van der Waals surface area contributed by atoms with Crippen LogP contribution in [0.4, 0.5) is 5.69 Å². The summed E-state index contributed by atoms with van der Waals surface area (Å²) >= 11 is 3.04. The van der Waals surface area contributed by atoms with Crippen molar-refractivity contribution in [3.63, 3.8) is 0 Å². The molecule has 1 amide bonds. The molecule has 2 aromatic heterocycles. The summed E-state index contributed by atoms with van der Waals surface area (Å²) in [6, 6.07) is 9.79. The largest absolute Gasteiger partial charge is 0.459 e. The quantitative estimate of drug-likeness (QED) is 0.155. The summed E-state index contributed by atoms with van der Waals surface area (Å²) in [5.74, 6) is -1.90. The lowest BCUT2D eigenvalue weighted by atomic mass is 9.95. The van der Waals surface area contributed by atoms with Gasteiger partial charge in [0.25, 0.3) is 0 Å². The van der Waals surface area contributed by atoms with Crippen molar-refractivity contribution in [2.75, 3.05) is 4.72 Å². The molecule has 0 aliphatic carbocycles. The summed E-state index contributed by atoms with van der Waals surface area (Å²) in [5, 5.41) is 7.70. The fourth-order valence-electron chi connectivity index (χ4n) is 3.71. The van der Waals surface area contributed by atoms with E-state index in [0.717, 1.165) is 15.4 Å². The second-order valence-corrected chi connectivity index (χ2v) is 13.3. The minimum absolute atomic E-state index is 0.0873. The Kier molecular flexibility index (Phi) is 9.69. The summed E-state index contributed by atoms with van der Waals surface area (Å²) in [6.07, 6.45) is 0.676. The molecule has 0 aliphatic rings. The Balaban J connectivity index is 1.88. The van der Waals surface area contributed by atoms with Gasteiger partial charge in [0.15, 0.2) is 0 Å². The number of rotatable bonds is 11. The fraction of sp³-hybridized carbons (Fsp3) is 0.423. The molecule has 3 N–H and O–H groups in total. The molecule has 9 nitrogen and oxygen atoms in total. The van der Waals surface area contributed by atoms with Crippen molar-refractivity contribution >= 4 is 50.5 Å². The van der Waals surface area contributed by atoms with Gasteiger partial charge >= 0.3 is 16.3 Å². The minimum atomic E-state index is -4.39. The van der Waals surface area contributed by atoms with Gasteiger partial charge in [-0.3, -0.25) is 18.9 Å². The van der Waals surface area contributed by atoms with Gasteiger partial charge in [-0.05, 0) is 68.7 Å². The van der Waals surface area contributed by atoms with Gasteiger partial charge in [0, 0.05) is 5.38 Å². The molecule has 0 spiro atoms. The first kappa shape index (κ1) is 29.8. The third-order valence-electron chi connectivity index (χ3n) is 5.28. The number of thiazole rings is 1. The number of hydrogen-bond donors (Lipinski definition) is 3. The van der Waals surface area contributed by atoms with Gasteiger partial charge in [0.05, 0.1) is 22.3 Å². The van der Waals surface area contributed by atoms with Gasteiger partial charge < -0.3 is 10.1 Å². The average molecular weight is 580 g/mol. The van der Waals surface area contributed by atoms with Crippen LogP contribution in [0.1, 0.15) is 58.3 Å². The van der Waals surface area contributed by atoms with Crippen LogP contribution in [0.3, 0.4) is 0 Å². The minimum Gasteiger partial charge on any atom is -0.459 e. The van der Waals surface area contributed by atoms with Gasteiger partial charge in [0.2, 0.25) is 5.91 Å². The number of ether oxygens (including phenoxy) is 1. The molecule has 3 aromatic rings. The standard InChI is InChI=1S/C26H33N3O6S3/c1-16(2)13-19(25(31)35-26(3,4)5)23(30)27-20(21-15-37-24(28-21)22-7-6-12-36-22)14-17-8-10-18(11-9-17)29-38(32,33)34/h6-12,15-16,19-20,29H,13-14H2,1-5H3,(H,27,30)(H,32,33,34). The molecule has 206 valence electrons. The topological polar surface area (TPSA) is 135 Å². The lowest BCUT2D eigenvalue weighted by molar-refractivity contribution is -0.163. The van der Waals surface area contributed by atoms with E-state index < -0.39 is 39.7 Å². The van der Waals surface area contributed by atoms with Gasteiger partial charge in [-0.2, -0.15) is 8.42 Å². The van der Waals surface area contributed by atoms with E-state index in [4.69, 9.17) is 14.3 Å². The summed E-state index contributed by atoms with van der Waals surface area (Å²) < 4.78 is 38.8. The smallest absolute Gasteiger partial charge is 0.357 e.